The number of aromatic nitrogens is 1. The molecule has 2 bridgehead atoms. The molecule has 1 unspecified atom stereocenters. The van der Waals surface area contributed by atoms with Gasteiger partial charge in [-0.2, -0.15) is 0 Å². The molecule has 1 aliphatic carbocycles. The minimum absolute atomic E-state index is 0.0669. The maximum absolute atomic E-state index is 13.8. The fourth-order valence-electron chi connectivity index (χ4n) is 5.32. The van der Waals surface area contributed by atoms with Gasteiger partial charge in [-0.1, -0.05) is 0 Å². The van der Waals surface area contributed by atoms with Crippen molar-refractivity contribution in [2.24, 2.45) is 5.92 Å². The van der Waals surface area contributed by atoms with Crippen molar-refractivity contribution in [2.75, 3.05) is 0 Å². The van der Waals surface area contributed by atoms with E-state index in [1.165, 1.54) is 10.8 Å². The number of nitrogens with one attached hydrogen (secondary N) is 1. The molecule has 168 valence electrons. The number of halogens is 3. The number of hydrogen-bond donors (Lipinski definition) is 2. The van der Waals surface area contributed by atoms with Crippen molar-refractivity contribution in [1.29, 1.82) is 0 Å². The van der Waals surface area contributed by atoms with Crippen LogP contribution < -0.4 is 10.7 Å². The molecule has 2 aromatic rings. The fraction of sp³-hybridized carbons (Fsp3) is 0.409. The largest absolute Gasteiger partial charge is 0.503 e. The van der Waals surface area contributed by atoms with E-state index in [-0.39, 0.29) is 17.8 Å². The quantitative estimate of drug-likeness (QED) is 0.756. The first kappa shape index (κ1) is 20.6. The van der Waals surface area contributed by atoms with E-state index < -0.39 is 58.1 Å². The third-order valence-electron chi connectivity index (χ3n) is 6.89. The maximum Gasteiger partial charge on any atom is 0.275 e. The van der Waals surface area contributed by atoms with Crippen LogP contribution in [0, 0.1) is 23.4 Å². The van der Waals surface area contributed by atoms with Crippen LogP contribution in [0.25, 0.3) is 0 Å². The van der Waals surface area contributed by atoms with Crippen molar-refractivity contribution in [3.05, 3.63) is 62.8 Å². The lowest BCUT2D eigenvalue weighted by atomic mass is 9.73. The SMILES string of the molecule is O=C(NCc1c(F)cc(F)cc1F)c1cn2c(c(O)c1=O)C(=O)N1C3CCC(CC3)C1C2. The molecule has 1 saturated carbocycles. The van der Waals surface area contributed by atoms with Gasteiger partial charge in [-0.3, -0.25) is 14.4 Å². The molecule has 2 saturated heterocycles. The first-order chi connectivity index (χ1) is 15.3. The van der Waals surface area contributed by atoms with Gasteiger partial charge in [0, 0.05) is 43.0 Å². The van der Waals surface area contributed by atoms with Gasteiger partial charge >= 0.3 is 0 Å². The Morgan fingerprint density at radius 3 is 2.41 bits per heavy atom. The molecule has 7 nitrogen and oxygen atoms in total. The minimum Gasteiger partial charge on any atom is -0.503 e. The van der Waals surface area contributed by atoms with Crippen molar-refractivity contribution < 1.29 is 27.9 Å². The molecule has 0 radical (unpaired) electrons. The summed E-state index contributed by atoms with van der Waals surface area (Å²) in [6.45, 7) is -0.282. The van der Waals surface area contributed by atoms with Gasteiger partial charge in [0.2, 0.25) is 5.43 Å². The standard InChI is InChI=1S/C22H20F3N3O4/c23-11-5-15(24)13(16(25)6-11)7-26-21(31)14-8-27-9-17-10-1-3-12(4-2-10)28(17)22(32)18(27)20(30)19(14)29/h5-6,8,10,12,17,30H,1-4,7,9H2,(H,26,31). The summed E-state index contributed by atoms with van der Waals surface area (Å²) >= 11 is 0. The summed E-state index contributed by atoms with van der Waals surface area (Å²) < 4.78 is 42.1. The van der Waals surface area contributed by atoms with Crippen molar-refractivity contribution in [3.8, 4) is 5.75 Å². The maximum atomic E-state index is 13.8. The Kier molecular flexibility index (Phi) is 4.75. The number of carbonyl (C=O) groups is 2. The predicted octanol–water partition coefficient (Wildman–Crippen LogP) is 2.30. The molecule has 0 spiro atoms. The van der Waals surface area contributed by atoms with Crippen LogP contribution in [0.1, 0.15) is 52.1 Å². The normalized spacial score (nSPS) is 23.7. The zero-order valence-corrected chi connectivity index (χ0v) is 16.9. The number of nitrogens with zero attached hydrogens (tertiary/aromatic N) is 2. The van der Waals surface area contributed by atoms with E-state index in [9.17, 15) is 32.7 Å². The zero-order chi connectivity index (χ0) is 22.7. The molecule has 4 aliphatic rings. The van der Waals surface area contributed by atoms with Gasteiger partial charge < -0.3 is 19.9 Å². The van der Waals surface area contributed by atoms with Crippen LogP contribution in [0.3, 0.4) is 0 Å². The Bertz CT molecular complexity index is 1180. The van der Waals surface area contributed by atoms with Gasteiger partial charge in [0.05, 0.1) is 6.04 Å². The van der Waals surface area contributed by atoms with Crippen molar-refractivity contribution >= 4 is 11.8 Å². The number of benzene rings is 1. The molecule has 4 heterocycles. The number of aromatic hydroxyl groups is 1. The van der Waals surface area contributed by atoms with Gasteiger partial charge in [0.15, 0.2) is 11.4 Å². The number of hydrogen-bond acceptors (Lipinski definition) is 4. The summed E-state index contributed by atoms with van der Waals surface area (Å²) in [4.78, 5) is 40.1. The summed E-state index contributed by atoms with van der Waals surface area (Å²) in [5.41, 5.74) is -2.20. The second kappa shape index (κ2) is 7.39. The summed E-state index contributed by atoms with van der Waals surface area (Å²) in [6, 6.07) is 0.991. The number of amides is 2. The Hall–Kier alpha value is -3.30. The Morgan fingerprint density at radius 2 is 1.75 bits per heavy atom. The lowest BCUT2D eigenvalue weighted by molar-refractivity contribution is -0.0181. The Labute approximate surface area is 180 Å². The number of piperidine rings is 2. The average Bonchev–Trinajstić information content (AvgIpc) is 2.75. The van der Waals surface area contributed by atoms with E-state index in [1.54, 1.807) is 4.90 Å². The number of rotatable bonds is 3. The molecule has 1 aromatic carbocycles. The first-order valence-electron chi connectivity index (χ1n) is 10.5. The third-order valence-corrected chi connectivity index (χ3v) is 6.89. The average molecular weight is 447 g/mol. The van der Waals surface area contributed by atoms with Gasteiger partial charge in [-0.05, 0) is 31.6 Å². The highest BCUT2D eigenvalue weighted by Gasteiger charge is 2.48. The minimum atomic E-state index is -1.18. The van der Waals surface area contributed by atoms with Crippen molar-refractivity contribution in [1.82, 2.24) is 14.8 Å². The highest BCUT2D eigenvalue weighted by molar-refractivity contribution is 5.99. The van der Waals surface area contributed by atoms with Crippen LogP contribution in [0.4, 0.5) is 13.2 Å². The summed E-state index contributed by atoms with van der Waals surface area (Å²) in [5, 5.41) is 12.7. The molecule has 3 aliphatic heterocycles. The summed E-state index contributed by atoms with van der Waals surface area (Å²) in [7, 11) is 0. The van der Waals surface area contributed by atoms with E-state index in [4.69, 9.17) is 0 Å². The molecule has 1 atom stereocenters. The molecular weight excluding hydrogens is 427 g/mol. The predicted molar refractivity (Wildman–Crippen MR) is 106 cm³/mol. The van der Waals surface area contributed by atoms with E-state index in [2.05, 4.69) is 5.32 Å². The monoisotopic (exact) mass is 447 g/mol. The van der Waals surface area contributed by atoms with Crippen LogP contribution in [0.15, 0.2) is 23.1 Å². The molecule has 1 aromatic heterocycles. The molecule has 3 fully saturated rings. The molecule has 2 amide bonds. The van der Waals surface area contributed by atoms with Crippen LogP contribution in [-0.2, 0) is 13.1 Å². The van der Waals surface area contributed by atoms with Gasteiger partial charge in [0.1, 0.15) is 23.0 Å². The summed E-state index contributed by atoms with van der Waals surface area (Å²) in [6.07, 6.45) is 5.01. The van der Waals surface area contributed by atoms with Crippen LogP contribution in [0.5, 0.6) is 5.75 Å². The first-order valence-corrected chi connectivity index (χ1v) is 10.5. The number of pyridine rings is 1. The highest BCUT2D eigenvalue weighted by atomic mass is 19.1. The van der Waals surface area contributed by atoms with Crippen molar-refractivity contribution in [3.63, 3.8) is 0 Å². The Balaban J connectivity index is 1.45. The van der Waals surface area contributed by atoms with Crippen LogP contribution in [-0.4, -0.2) is 38.5 Å². The zero-order valence-electron chi connectivity index (χ0n) is 16.9. The molecule has 32 heavy (non-hydrogen) atoms. The van der Waals surface area contributed by atoms with E-state index in [1.807, 2.05) is 0 Å². The molecule has 10 heteroatoms. The van der Waals surface area contributed by atoms with Gasteiger partial charge in [-0.25, -0.2) is 13.2 Å². The highest BCUT2D eigenvalue weighted by Crippen LogP contribution is 2.43. The smallest absolute Gasteiger partial charge is 0.275 e. The Morgan fingerprint density at radius 1 is 1.09 bits per heavy atom. The third kappa shape index (κ3) is 3.08. The lowest BCUT2D eigenvalue weighted by Crippen LogP contribution is -2.61. The van der Waals surface area contributed by atoms with Crippen LogP contribution in [0.2, 0.25) is 0 Å². The van der Waals surface area contributed by atoms with Crippen molar-refractivity contribution in [2.45, 2.75) is 50.9 Å². The van der Waals surface area contributed by atoms with E-state index >= 15 is 0 Å². The second-order valence-corrected chi connectivity index (χ2v) is 8.60. The topological polar surface area (TPSA) is 91.6 Å². The molecule has 6 rings (SSSR count). The molecule has 2 N–H and O–H groups in total. The summed E-state index contributed by atoms with van der Waals surface area (Å²) in [5.74, 6) is -5.33. The number of carbonyl (C=O) groups excluding carboxylic acids is 2. The van der Waals surface area contributed by atoms with E-state index in [0.29, 0.717) is 24.6 Å². The van der Waals surface area contributed by atoms with Gasteiger partial charge in [0.25, 0.3) is 11.8 Å². The lowest BCUT2D eigenvalue weighted by Gasteiger charge is -2.53. The van der Waals surface area contributed by atoms with Gasteiger partial charge in [-0.15, -0.1) is 0 Å². The number of fused-ring (bicyclic) bond motifs is 3. The fourth-order valence-corrected chi connectivity index (χ4v) is 5.32. The van der Waals surface area contributed by atoms with Crippen LogP contribution >= 0.6 is 0 Å². The second-order valence-electron chi connectivity index (χ2n) is 8.60. The molecular formula is C22H20F3N3O4. The van der Waals surface area contributed by atoms with E-state index in [0.717, 1.165) is 25.7 Å².